The van der Waals surface area contributed by atoms with E-state index in [0.29, 0.717) is 0 Å². The van der Waals surface area contributed by atoms with Crippen molar-refractivity contribution in [1.82, 2.24) is 0 Å². The first-order chi connectivity index (χ1) is 11.6. The Hall–Kier alpha value is -3.08. The third-order valence-electron chi connectivity index (χ3n) is 3.36. The number of hydrogen-bond acceptors (Lipinski definition) is 5. The van der Waals surface area contributed by atoms with E-state index in [-0.39, 0.29) is 24.3 Å². The van der Waals surface area contributed by atoms with Crippen molar-refractivity contribution in [2.45, 2.75) is 13.0 Å². The molecule has 2 aromatic rings. The van der Waals surface area contributed by atoms with Crippen LogP contribution in [0.2, 0.25) is 0 Å². The van der Waals surface area contributed by atoms with Crippen molar-refractivity contribution in [2.75, 3.05) is 7.11 Å². The Morgan fingerprint density at radius 2 is 1.42 bits per heavy atom. The summed E-state index contributed by atoms with van der Waals surface area (Å²) in [5.41, 5.74) is 7.52. The van der Waals surface area contributed by atoms with Gasteiger partial charge in [0, 0.05) is 12.1 Å². The van der Waals surface area contributed by atoms with E-state index in [2.05, 4.69) is 4.74 Å². The zero-order valence-electron chi connectivity index (χ0n) is 13.4. The van der Waals surface area contributed by atoms with Crippen molar-refractivity contribution in [3.63, 3.8) is 0 Å². The molecule has 2 N–H and O–H groups in total. The number of allylic oxidation sites excluding steroid dienone is 1. The summed E-state index contributed by atoms with van der Waals surface area (Å²) >= 11 is 0. The van der Waals surface area contributed by atoms with Gasteiger partial charge in [0.1, 0.15) is 6.61 Å². The van der Waals surface area contributed by atoms with Crippen LogP contribution in [0.15, 0.2) is 71.9 Å². The standard InChI is InChI=1S/C19H19NO4/c1-23-18(21)17(16(20)12-14-8-4-2-5-9-14)19(22)24-13-15-10-6-3-7-11-15/h2-11H,12-13,20H2,1H3. The molecule has 0 aliphatic rings. The number of methoxy groups -OCH3 is 1. The second kappa shape index (κ2) is 8.53. The predicted octanol–water partition coefficient (Wildman–Crippen LogP) is 2.36. The molecule has 124 valence electrons. The van der Waals surface area contributed by atoms with Gasteiger partial charge in [0.15, 0.2) is 5.57 Å². The molecule has 0 aromatic heterocycles. The summed E-state index contributed by atoms with van der Waals surface area (Å²) in [6, 6.07) is 18.5. The molecule has 0 aliphatic carbocycles. The highest BCUT2D eigenvalue weighted by Gasteiger charge is 2.24. The van der Waals surface area contributed by atoms with Crippen LogP contribution < -0.4 is 5.73 Å². The molecule has 0 radical (unpaired) electrons. The molecule has 0 amide bonds. The summed E-state index contributed by atoms with van der Waals surface area (Å²) < 4.78 is 9.86. The summed E-state index contributed by atoms with van der Waals surface area (Å²) in [7, 11) is 1.20. The highest BCUT2D eigenvalue weighted by Crippen LogP contribution is 2.12. The van der Waals surface area contributed by atoms with E-state index < -0.39 is 11.9 Å². The third-order valence-corrected chi connectivity index (χ3v) is 3.36. The molecule has 0 atom stereocenters. The van der Waals surface area contributed by atoms with Gasteiger partial charge in [-0.25, -0.2) is 9.59 Å². The van der Waals surface area contributed by atoms with Crippen LogP contribution in [0, 0.1) is 0 Å². The minimum absolute atomic E-state index is 0.0543. The molecule has 24 heavy (non-hydrogen) atoms. The monoisotopic (exact) mass is 325 g/mol. The van der Waals surface area contributed by atoms with E-state index >= 15 is 0 Å². The van der Waals surface area contributed by atoms with E-state index in [1.807, 2.05) is 60.7 Å². The Bertz CT molecular complexity index is 724. The number of nitrogens with two attached hydrogens (primary N) is 1. The summed E-state index contributed by atoms with van der Waals surface area (Å²) in [5, 5.41) is 0. The Labute approximate surface area is 140 Å². The molecule has 0 heterocycles. The zero-order chi connectivity index (χ0) is 17.4. The van der Waals surface area contributed by atoms with E-state index in [0.717, 1.165) is 11.1 Å². The number of rotatable bonds is 6. The number of esters is 2. The second-order valence-corrected chi connectivity index (χ2v) is 5.12. The van der Waals surface area contributed by atoms with Gasteiger partial charge in [-0.15, -0.1) is 0 Å². The van der Waals surface area contributed by atoms with Crippen molar-refractivity contribution >= 4 is 11.9 Å². The maximum atomic E-state index is 12.3. The number of hydrogen-bond donors (Lipinski definition) is 1. The quantitative estimate of drug-likeness (QED) is 0.382. The van der Waals surface area contributed by atoms with Crippen LogP contribution >= 0.6 is 0 Å². The summed E-state index contributed by atoms with van der Waals surface area (Å²) in [6.07, 6.45) is 0.256. The van der Waals surface area contributed by atoms with Gasteiger partial charge in [-0.2, -0.15) is 0 Å². The fraction of sp³-hybridized carbons (Fsp3) is 0.158. The molecule has 2 aromatic carbocycles. The maximum Gasteiger partial charge on any atom is 0.347 e. The Morgan fingerprint density at radius 1 is 0.875 bits per heavy atom. The van der Waals surface area contributed by atoms with Crippen LogP contribution in [-0.2, 0) is 32.1 Å². The van der Waals surface area contributed by atoms with Gasteiger partial charge >= 0.3 is 11.9 Å². The van der Waals surface area contributed by atoms with Gasteiger partial charge < -0.3 is 15.2 Å². The van der Waals surface area contributed by atoms with Crippen LogP contribution in [0.5, 0.6) is 0 Å². The molecule has 2 rings (SSSR count). The topological polar surface area (TPSA) is 78.6 Å². The van der Waals surface area contributed by atoms with Gasteiger partial charge in [-0.05, 0) is 11.1 Å². The Kier molecular flexibility index (Phi) is 6.14. The fourth-order valence-corrected chi connectivity index (χ4v) is 2.15. The molecule has 0 bridgehead atoms. The molecule has 0 saturated carbocycles. The van der Waals surface area contributed by atoms with Gasteiger partial charge in [-0.3, -0.25) is 0 Å². The van der Waals surface area contributed by atoms with E-state index in [9.17, 15) is 9.59 Å². The van der Waals surface area contributed by atoms with Crippen LogP contribution in [0.1, 0.15) is 11.1 Å². The van der Waals surface area contributed by atoms with Crippen molar-refractivity contribution in [3.8, 4) is 0 Å². The van der Waals surface area contributed by atoms with E-state index in [1.165, 1.54) is 7.11 Å². The maximum absolute atomic E-state index is 12.3. The van der Waals surface area contributed by atoms with Gasteiger partial charge in [0.05, 0.1) is 7.11 Å². The predicted molar refractivity (Wildman–Crippen MR) is 89.6 cm³/mol. The van der Waals surface area contributed by atoms with Gasteiger partial charge in [0.2, 0.25) is 0 Å². The van der Waals surface area contributed by atoms with Crippen LogP contribution in [-0.4, -0.2) is 19.0 Å². The van der Waals surface area contributed by atoms with Gasteiger partial charge in [-0.1, -0.05) is 60.7 Å². The SMILES string of the molecule is COC(=O)C(C(=O)OCc1ccccc1)=C(N)Cc1ccccc1. The largest absolute Gasteiger partial charge is 0.465 e. The minimum atomic E-state index is -0.804. The molecular formula is C19H19NO4. The highest BCUT2D eigenvalue weighted by atomic mass is 16.5. The molecular weight excluding hydrogens is 306 g/mol. The first-order valence-electron chi connectivity index (χ1n) is 7.43. The Balaban J connectivity index is 2.16. The molecule has 0 aliphatic heterocycles. The molecule has 0 spiro atoms. The molecule has 0 fully saturated rings. The lowest BCUT2D eigenvalue weighted by atomic mass is 10.1. The molecule has 0 saturated heterocycles. The van der Waals surface area contributed by atoms with Crippen LogP contribution in [0.25, 0.3) is 0 Å². The average molecular weight is 325 g/mol. The normalized spacial score (nSPS) is 11.4. The van der Waals surface area contributed by atoms with E-state index in [4.69, 9.17) is 10.5 Å². The second-order valence-electron chi connectivity index (χ2n) is 5.12. The van der Waals surface area contributed by atoms with Gasteiger partial charge in [0.25, 0.3) is 0 Å². The minimum Gasteiger partial charge on any atom is -0.465 e. The molecule has 5 nitrogen and oxygen atoms in total. The highest BCUT2D eigenvalue weighted by molar-refractivity contribution is 6.14. The zero-order valence-corrected chi connectivity index (χ0v) is 13.4. The Morgan fingerprint density at radius 3 is 1.96 bits per heavy atom. The number of benzene rings is 2. The van der Waals surface area contributed by atoms with Crippen molar-refractivity contribution in [1.29, 1.82) is 0 Å². The summed E-state index contributed by atoms with van der Waals surface area (Å²) in [4.78, 5) is 24.2. The molecule has 5 heteroatoms. The summed E-state index contributed by atoms with van der Waals surface area (Å²) in [6.45, 7) is 0.0543. The number of carbonyl (C=O) groups excluding carboxylic acids is 2. The van der Waals surface area contributed by atoms with Crippen molar-refractivity contribution in [2.24, 2.45) is 5.73 Å². The van der Waals surface area contributed by atoms with Crippen LogP contribution in [0.4, 0.5) is 0 Å². The smallest absolute Gasteiger partial charge is 0.347 e. The number of ether oxygens (including phenoxy) is 2. The fourth-order valence-electron chi connectivity index (χ4n) is 2.15. The summed E-state index contributed by atoms with van der Waals surface area (Å²) in [5.74, 6) is -1.60. The number of carbonyl (C=O) groups is 2. The molecule has 0 unspecified atom stereocenters. The van der Waals surface area contributed by atoms with E-state index in [1.54, 1.807) is 0 Å². The lowest BCUT2D eigenvalue weighted by molar-refractivity contribution is -0.146. The first-order valence-corrected chi connectivity index (χ1v) is 7.43. The lowest BCUT2D eigenvalue weighted by Gasteiger charge is -2.11. The first kappa shape index (κ1) is 17.3. The third kappa shape index (κ3) is 4.71. The van der Waals surface area contributed by atoms with Crippen molar-refractivity contribution < 1.29 is 19.1 Å². The van der Waals surface area contributed by atoms with Crippen LogP contribution in [0.3, 0.4) is 0 Å². The lowest BCUT2D eigenvalue weighted by Crippen LogP contribution is -2.23. The average Bonchev–Trinajstić information content (AvgIpc) is 2.61. The van der Waals surface area contributed by atoms with Crippen molar-refractivity contribution in [3.05, 3.63) is 83.1 Å².